The van der Waals surface area contributed by atoms with Crippen molar-refractivity contribution >= 4 is 5.91 Å². The predicted octanol–water partition coefficient (Wildman–Crippen LogP) is 0.379. The lowest BCUT2D eigenvalue weighted by atomic mass is 10.2. The number of hydrogen-bond donors (Lipinski definition) is 2. The molecule has 2 rings (SSSR count). The monoisotopic (exact) mass is 246 g/mol. The number of aliphatic hydroxyl groups is 1. The Balaban J connectivity index is 2.01. The molecule has 0 bridgehead atoms. The van der Waals surface area contributed by atoms with Gasteiger partial charge in [0.1, 0.15) is 12.1 Å². The van der Waals surface area contributed by atoms with Gasteiger partial charge in [0, 0.05) is 31.7 Å². The van der Waals surface area contributed by atoms with Gasteiger partial charge >= 0.3 is 0 Å². The van der Waals surface area contributed by atoms with Gasteiger partial charge in [-0.15, -0.1) is 0 Å². The maximum Gasteiger partial charge on any atom is 0.252 e. The highest BCUT2D eigenvalue weighted by Gasteiger charge is 2.05. The Morgan fingerprint density at radius 2 is 2.33 bits per heavy atom. The van der Waals surface area contributed by atoms with E-state index in [-0.39, 0.29) is 12.5 Å². The van der Waals surface area contributed by atoms with Crippen molar-refractivity contribution in [1.82, 2.24) is 19.9 Å². The second-order valence-electron chi connectivity index (χ2n) is 3.71. The summed E-state index contributed by atoms with van der Waals surface area (Å²) in [6, 6.07) is 3.46. The van der Waals surface area contributed by atoms with E-state index in [0.29, 0.717) is 24.3 Å². The summed E-state index contributed by atoms with van der Waals surface area (Å²) in [5, 5.41) is 11.3. The molecule has 0 aliphatic heterocycles. The third-order valence-electron chi connectivity index (χ3n) is 2.40. The van der Waals surface area contributed by atoms with Crippen LogP contribution in [0.5, 0.6) is 0 Å². The summed E-state index contributed by atoms with van der Waals surface area (Å²) < 4.78 is 1.76. The molecule has 2 N–H and O–H groups in total. The van der Waals surface area contributed by atoms with Crippen molar-refractivity contribution in [3.8, 4) is 5.82 Å². The van der Waals surface area contributed by atoms with Gasteiger partial charge < -0.3 is 10.4 Å². The topological polar surface area (TPSA) is 80.0 Å². The van der Waals surface area contributed by atoms with Crippen molar-refractivity contribution in [3.63, 3.8) is 0 Å². The summed E-state index contributed by atoms with van der Waals surface area (Å²) in [6.07, 6.45) is 7.15. The van der Waals surface area contributed by atoms with Crippen LogP contribution in [-0.2, 0) is 0 Å². The van der Waals surface area contributed by atoms with Gasteiger partial charge in [-0.2, -0.15) is 0 Å². The number of imidazole rings is 1. The van der Waals surface area contributed by atoms with Crippen molar-refractivity contribution in [2.24, 2.45) is 0 Å². The van der Waals surface area contributed by atoms with Crippen LogP contribution in [0.25, 0.3) is 5.82 Å². The third-order valence-corrected chi connectivity index (χ3v) is 2.40. The number of aliphatic hydroxyl groups excluding tert-OH is 1. The molecule has 6 heteroatoms. The van der Waals surface area contributed by atoms with Crippen molar-refractivity contribution in [3.05, 3.63) is 42.6 Å². The van der Waals surface area contributed by atoms with Gasteiger partial charge in [-0.3, -0.25) is 9.36 Å². The van der Waals surface area contributed by atoms with E-state index in [1.165, 1.54) is 6.20 Å². The van der Waals surface area contributed by atoms with E-state index >= 15 is 0 Å². The molecule has 6 nitrogen and oxygen atoms in total. The van der Waals surface area contributed by atoms with E-state index in [0.717, 1.165) is 0 Å². The van der Waals surface area contributed by atoms with Crippen molar-refractivity contribution in [2.45, 2.75) is 6.42 Å². The standard InChI is InChI=1S/C12H14N4O2/c17-7-1-4-14-12(18)10-2-3-11(15-8-10)16-6-5-13-9-16/h2-3,5-6,8-9,17H,1,4,7H2,(H,14,18). The molecule has 0 saturated heterocycles. The molecule has 0 radical (unpaired) electrons. The highest BCUT2D eigenvalue weighted by Crippen LogP contribution is 2.05. The normalized spacial score (nSPS) is 10.3. The zero-order valence-electron chi connectivity index (χ0n) is 9.78. The Kier molecular flexibility index (Phi) is 4.03. The second kappa shape index (κ2) is 5.92. The predicted molar refractivity (Wildman–Crippen MR) is 65.4 cm³/mol. The number of carbonyl (C=O) groups is 1. The minimum absolute atomic E-state index is 0.0676. The van der Waals surface area contributed by atoms with E-state index in [9.17, 15) is 4.79 Å². The van der Waals surface area contributed by atoms with Crippen LogP contribution in [0.3, 0.4) is 0 Å². The molecule has 0 aromatic carbocycles. The number of pyridine rings is 1. The largest absolute Gasteiger partial charge is 0.396 e. The zero-order chi connectivity index (χ0) is 12.8. The Morgan fingerprint density at radius 3 is 2.94 bits per heavy atom. The van der Waals surface area contributed by atoms with Gasteiger partial charge in [-0.05, 0) is 18.6 Å². The lowest BCUT2D eigenvalue weighted by Gasteiger charge is -2.05. The maximum absolute atomic E-state index is 11.7. The van der Waals surface area contributed by atoms with Gasteiger partial charge in [-0.1, -0.05) is 0 Å². The van der Waals surface area contributed by atoms with Crippen LogP contribution < -0.4 is 5.32 Å². The molecule has 2 heterocycles. The quantitative estimate of drug-likeness (QED) is 0.747. The van der Waals surface area contributed by atoms with Gasteiger partial charge in [0.2, 0.25) is 0 Å². The number of hydrogen-bond acceptors (Lipinski definition) is 4. The smallest absolute Gasteiger partial charge is 0.252 e. The fourth-order valence-electron chi connectivity index (χ4n) is 1.45. The number of aromatic nitrogens is 3. The zero-order valence-corrected chi connectivity index (χ0v) is 9.78. The first kappa shape index (κ1) is 12.3. The Labute approximate surface area is 104 Å². The molecule has 0 saturated carbocycles. The average molecular weight is 246 g/mol. The molecular formula is C12H14N4O2. The molecule has 0 fully saturated rings. The highest BCUT2D eigenvalue weighted by molar-refractivity contribution is 5.93. The summed E-state index contributed by atoms with van der Waals surface area (Å²) in [5.41, 5.74) is 0.497. The summed E-state index contributed by atoms with van der Waals surface area (Å²) in [4.78, 5) is 19.8. The summed E-state index contributed by atoms with van der Waals surface area (Å²) in [7, 11) is 0. The van der Waals surface area contributed by atoms with Crippen molar-refractivity contribution < 1.29 is 9.90 Å². The highest BCUT2D eigenvalue weighted by atomic mass is 16.3. The number of nitrogens with one attached hydrogen (secondary N) is 1. The molecule has 94 valence electrons. The van der Waals surface area contributed by atoms with Crippen molar-refractivity contribution in [2.75, 3.05) is 13.2 Å². The molecule has 0 atom stereocenters. The van der Waals surface area contributed by atoms with Crippen LogP contribution in [0.4, 0.5) is 0 Å². The lowest BCUT2D eigenvalue weighted by molar-refractivity contribution is 0.0951. The minimum atomic E-state index is -0.187. The SMILES string of the molecule is O=C(NCCCO)c1ccc(-n2ccnc2)nc1. The van der Waals surface area contributed by atoms with E-state index in [1.54, 1.807) is 35.4 Å². The van der Waals surface area contributed by atoms with E-state index in [2.05, 4.69) is 15.3 Å². The Hall–Kier alpha value is -2.21. The number of amides is 1. The molecule has 0 aliphatic carbocycles. The summed E-state index contributed by atoms with van der Waals surface area (Å²) >= 11 is 0. The minimum Gasteiger partial charge on any atom is -0.396 e. The average Bonchev–Trinajstić information content (AvgIpc) is 2.93. The fourth-order valence-corrected chi connectivity index (χ4v) is 1.45. The van der Waals surface area contributed by atoms with Crippen LogP contribution in [0.15, 0.2) is 37.1 Å². The van der Waals surface area contributed by atoms with E-state index in [4.69, 9.17) is 5.11 Å². The van der Waals surface area contributed by atoms with Crippen molar-refractivity contribution in [1.29, 1.82) is 0 Å². The van der Waals surface area contributed by atoms with Crippen LogP contribution in [0.2, 0.25) is 0 Å². The first-order chi connectivity index (χ1) is 8.81. The molecule has 2 aromatic rings. The molecule has 1 amide bonds. The summed E-state index contributed by atoms with van der Waals surface area (Å²) in [5.74, 6) is 0.521. The van der Waals surface area contributed by atoms with Crippen LogP contribution in [-0.4, -0.2) is 38.7 Å². The van der Waals surface area contributed by atoms with E-state index < -0.39 is 0 Å². The first-order valence-electron chi connectivity index (χ1n) is 5.64. The van der Waals surface area contributed by atoms with E-state index in [1.807, 2.05) is 0 Å². The fraction of sp³-hybridized carbons (Fsp3) is 0.250. The number of nitrogens with zero attached hydrogens (tertiary/aromatic N) is 3. The van der Waals surface area contributed by atoms with Crippen LogP contribution >= 0.6 is 0 Å². The Bertz CT molecular complexity index is 493. The third kappa shape index (κ3) is 2.92. The van der Waals surface area contributed by atoms with Crippen LogP contribution in [0, 0.1) is 0 Å². The number of carbonyl (C=O) groups excluding carboxylic acids is 1. The number of rotatable bonds is 5. The van der Waals surface area contributed by atoms with Crippen LogP contribution in [0.1, 0.15) is 16.8 Å². The second-order valence-corrected chi connectivity index (χ2v) is 3.71. The van der Waals surface area contributed by atoms with Gasteiger partial charge in [0.25, 0.3) is 5.91 Å². The summed E-state index contributed by atoms with van der Waals surface area (Å²) in [6.45, 7) is 0.525. The molecular weight excluding hydrogens is 232 g/mol. The molecule has 18 heavy (non-hydrogen) atoms. The molecule has 0 aliphatic rings. The molecule has 2 aromatic heterocycles. The first-order valence-corrected chi connectivity index (χ1v) is 5.64. The molecule has 0 unspecified atom stereocenters. The lowest BCUT2D eigenvalue weighted by Crippen LogP contribution is -2.25. The van der Waals surface area contributed by atoms with Gasteiger partial charge in [-0.25, -0.2) is 9.97 Å². The molecule has 0 spiro atoms. The van der Waals surface area contributed by atoms with Gasteiger partial charge in [0.05, 0.1) is 5.56 Å². The maximum atomic E-state index is 11.7. The Morgan fingerprint density at radius 1 is 1.44 bits per heavy atom. The van der Waals surface area contributed by atoms with Gasteiger partial charge in [0.15, 0.2) is 0 Å².